The van der Waals surface area contributed by atoms with Gasteiger partial charge in [0.05, 0.1) is 0 Å². The van der Waals surface area contributed by atoms with Gasteiger partial charge in [-0.3, -0.25) is 0 Å². The summed E-state index contributed by atoms with van der Waals surface area (Å²) in [6.45, 7) is 4.98. The summed E-state index contributed by atoms with van der Waals surface area (Å²) < 4.78 is 0. The topological polar surface area (TPSA) is 24.1 Å². The zero-order valence-corrected chi connectivity index (χ0v) is 9.80. The number of unbranched alkanes of at least 4 members (excludes halogenated alkanes) is 1. The molecule has 0 aliphatic carbocycles. The Morgan fingerprint density at radius 2 is 1.80 bits per heavy atom. The van der Waals surface area contributed by atoms with E-state index in [-0.39, 0.29) is 0 Å². The first-order valence-electron chi connectivity index (χ1n) is 6.70. The lowest BCUT2D eigenvalue weighted by atomic mass is 9.91. The number of piperidine rings is 1. The summed E-state index contributed by atoms with van der Waals surface area (Å²) in [5, 5.41) is 6.87. The van der Waals surface area contributed by atoms with Crippen LogP contribution in [-0.2, 0) is 0 Å². The molecule has 2 heterocycles. The summed E-state index contributed by atoms with van der Waals surface area (Å²) in [7, 11) is 0. The van der Waals surface area contributed by atoms with Gasteiger partial charge in [0.25, 0.3) is 0 Å². The Hall–Kier alpha value is -0.0800. The monoisotopic (exact) mass is 209 g/mol. The Labute approximate surface area is 94.2 Å². The molecule has 0 saturated carbocycles. The molecule has 0 aromatic carbocycles. The van der Waals surface area contributed by atoms with Crippen molar-refractivity contribution in [3.05, 3.63) is 6.42 Å². The predicted octanol–water partition coefficient (Wildman–Crippen LogP) is 1.97. The molecule has 15 heavy (non-hydrogen) atoms. The van der Waals surface area contributed by atoms with Gasteiger partial charge < -0.3 is 10.6 Å². The third kappa shape index (κ3) is 4.12. The van der Waals surface area contributed by atoms with Crippen LogP contribution in [0.2, 0.25) is 0 Å². The van der Waals surface area contributed by atoms with E-state index in [1.165, 1.54) is 64.7 Å². The number of nitrogens with one attached hydrogen (secondary N) is 2. The van der Waals surface area contributed by atoms with Crippen LogP contribution in [0.1, 0.15) is 38.5 Å². The number of rotatable bonds is 5. The number of hydrogen-bond donors (Lipinski definition) is 2. The van der Waals surface area contributed by atoms with Gasteiger partial charge >= 0.3 is 0 Å². The smallest absolute Gasteiger partial charge is 0.00200 e. The third-order valence-corrected chi connectivity index (χ3v) is 3.86. The van der Waals surface area contributed by atoms with Crippen LogP contribution in [0.5, 0.6) is 0 Å². The highest BCUT2D eigenvalue weighted by atomic mass is 14.9. The van der Waals surface area contributed by atoms with Crippen molar-refractivity contribution in [1.29, 1.82) is 0 Å². The third-order valence-electron chi connectivity index (χ3n) is 3.86. The Morgan fingerprint density at radius 3 is 2.53 bits per heavy atom. The second-order valence-electron chi connectivity index (χ2n) is 5.11. The highest BCUT2D eigenvalue weighted by Gasteiger charge is 2.15. The van der Waals surface area contributed by atoms with Crippen molar-refractivity contribution in [3.8, 4) is 0 Å². The van der Waals surface area contributed by atoms with Gasteiger partial charge in [0.1, 0.15) is 0 Å². The van der Waals surface area contributed by atoms with Crippen molar-refractivity contribution < 1.29 is 0 Å². The minimum atomic E-state index is 0.910. The van der Waals surface area contributed by atoms with Gasteiger partial charge in [-0.15, -0.1) is 0 Å². The van der Waals surface area contributed by atoms with Gasteiger partial charge in [-0.1, -0.05) is 6.42 Å². The maximum Gasteiger partial charge on any atom is -0.00200 e. The van der Waals surface area contributed by atoms with Crippen LogP contribution in [0.4, 0.5) is 0 Å². The molecule has 0 amide bonds. The first kappa shape index (κ1) is 11.4. The van der Waals surface area contributed by atoms with E-state index in [9.17, 15) is 0 Å². The summed E-state index contributed by atoms with van der Waals surface area (Å²) in [5.41, 5.74) is 0. The molecule has 1 radical (unpaired) electrons. The largest absolute Gasteiger partial charge is 0.317 e. The van der Waals surface area contributed by atoms with Crippen LogP contribution in [0.3, 0.4) is 0 Å². The van der Waals surface area contributed by atoms with Crippen molar-refractivity contribution in [2.75, 3.05) is 26.2 Å². The van der Waals surface area contributed by atoms with Crippen LogP contribution in [0.15, 0.2) is 0 Å². The molecule has 2 heteroatoms. The molecular weight excluding hydrogens is 184 g/mol. The molecule has 2 N–H and O–H groups in total. The van der Waals surface area contributed by atoms with Gasteiger partial charge in [0, 0.05) is 0 Å². The predicted molar refractivity (Wildman–Crippen MR) is 64.7 cm³/mol. The second-order valence-corrected chi connectivity index (χ2v) is 5.11. The molecule has 2 aliphatic heterocycles. The summed E-state index contributed by atoms with van der Waals surface area (Å²) in [6, 6.07) is 0. The lowest BCUT2D eigenvalue weighted by molar-refractivity contribution is 0.399. The fourth-order valence-electron chi connectivity index (χ4n) is 2.80. The van der Waals surface area contributed by atoms with Gasteiger partial charge in [-0.05, 0) is 76.5 Å². The van der Waals surface area contributed by atoms with E-state index in [2.05, 4.69) is 17.1 Å². The van der Waals surface area contributed by atoms with E-state index in [1.54, 1.807) is 0 Å². The van der Waals surface area contributed by atoms with Gasteiger partial charge in [-0.25, -0.2) is 0 Å². The number of hydrogen-bond acceptors (Lipinski definition) is 2. The molecule has 2 rings (SSSR count). The normalized spacial score (nSPS) is 28.4. The molecular formula is C13H25N2. The fraction of sp³-hybridized carbons (Fsp3) is 0.923. The first-order valence-corrected chi connectivity index (χ1v) is 6.70. The lowest BCUT2D eigenvalue weighted by Gasteiger charge is -2.22. The summed E-state index contributed by atoms with van der Waals surface area (Å²) in [5.74, 6) is 1.89. The molecule has 2 saturated heterocycles. The fourth-order valence-corrected chi connectivity index (χ4v) is 2.80. The van der Waals surface area contributed by atoms with Crippen molar-refractivity contribution in [3.63, 3.8) is 0 Å². The van der Waals surface area contributed by atoms with Crippen LogP contribution in [0.25, 0.3) is 0 Å². The molecule has 0 aromatic rings. The van der Waals surface area contributed by atoms with E-state index in [0.717, 1.165) is 11.8 Å². The molecule has 2 aliphatic rings. The molecule has 0 bridgehead atoms. The Bertz CT molecular complexity index is 158. The first-order chi connectivity index (χ1) is 7.45. The molecule has 0 spiro atoms. The van der Waals surface area contributed by atoms with Crippen molar-refractivity contribution in [1.82, 2.24) is 10.6 Å². The highest BCUT2D eigenvalue weighted by Crippen LogP contribution is 2.21. The maximum absolute atomic E-state index is 3.44. The van der Waals surface area contributed by atoms with Crippen molar-refractivity contribution >= 4 is 0 Å². The van der Waals surface area contributed by atoms with Crippen LogP contribution in [-0.4, -0.2) is 26.2 Å². The summed E-state index contributed by atoms with van der Waals surface area (Å²) in [6.07, 6.45) is 10.9. The lowest BCUT2D eigenvalue weighted by Crippen LogP contribution is -2.27. The second kappa shape index (κ2) is 6.49. The van der Waals surface area contributed by atoms with E-state index >= 15 is 0 Å². The molecule has 2 fully saturated rings. The van der Waals surface area contributed by atoms with Crippen molar-refractivity contribution in [2.24, 2.45) is 11.8 Å². The molecule has 1 atom stereocenters. The van der Waals surface area contributed by atoms with Crippen LogP contribution in [0, 0.1) is 18.3 Å². The zero-order chi connectivity index (χ0) is 10.3. The minimum Gasteiger partial charge on any atom is -0.317 e. The summed E-state index contributed by atoms with van der Waals surface area (Å²) >= 11 is 0. The highest BCUT2D eigenvalue weighted by molar-refractivity contribution is 4.81. The Balaban J connectivity index is 1.47. The Morgan fingerprint density at radius 1 is 1.00 bits per heavy atom. The zero-order valence-electron chi connectivity index (χ0n) is 9.80. The average Bonchev–Trinajstić information content (AvgIpc) is 2.79. The van der Waals surface area contributed by atoms with Gasteiger partial charge in [-0.2, -0.15) is 0 Å². The van der Waals surface area contributed by atoms with Crippen LogP contribution >= 0.6 is 0 Å². The van der Waals surface area contributed by atoms with Gasteiger partial charge in [0.15, 0.2) is 0 Å². The van der Waals surface area contributed by atoms with E-state index in [1.807, 2.05) is 0 Å². The molecule has 87 valence electrons. The Kier molecular flexibility index (Phi) is 4.94. The average molecular weight is 209 g/mol. The minimum absolute atomic E-state index is 0.910. The molecule has 0 aromatic heterocycles. The quantitative estimate of drug-likeness (QED) is 0.677. The van der Waals surface area contributed by atoms with E-state index in [0.29, 0.717) is 0 Å². The molecule has 1 unspecified atom stereocenters. The standard InChI is InChI=1S/C13H25N2/c1(2-4-13-7-10-15-11-13)3-12-5-8-14-9-6-12/h3,12-15H,1-2,4-11H2. The molecule has 2 nitrogen and oxygen atoms in total. The van der Waals surface area contributed by atoms with E-state index in [4.69, 9.17) is 0 Å². The van der Waals surface area contributed by atoms with Crippen LogP contribution < -0.4 is 10.6 Å². The SMILES string of the molecule is [CH](CCCC1CCNC1)C1CCNCC1. The van der Waals surface area contributed by atoms with Crippen molar-refractivity contribution in [2.45, 2.75) is 38.5 Å². The van der Waals surface area contributed by atoms with Gasteiger partial charge in [0.2, 0.25) is 0 Å². The maximum atomic E-state index is 3.44. The summed E-state index contributed by atoms with van der Waals surface area (Å²) in [4.78, 5) is 0. The van der Waals surface area contributed by atoms with E-state index < -0.39 is 0 Å².